The monoisotopic (exact) mass is 293 g/mol. The molecule has 9 heteroatoms. The summed E-state index contributed by atoms with van der Waals surface area (Å²) in [6, 6.07) is 0. The van der Waals surface area contributed by atoms with E-state index in [2.05, 4.69) is 14.8 Å². The van der Waals surface area contributed by atoms with Gasteiger partial charge in [-0.25, -0.2) is 18.9 Å². The van der Waals surface area contributed by atoms with E-state index in [0.29, 0.717) is 37.8 Å². The van der Waals surface area contributed by atoms with Crippen molar-refractivity contribution in [3.63, 3.8) is 0 Å². The van der Waals surface area contributed by atoms with E-state index in [4.69, 9.17) is 4.74 Å². The topological polar surface area (TPSA) is 91.0 Å². The summed E-state index contributed by atoms with van der Waals surface area (Å²) in [5, 5.41) is 4.20. The number of aromatic nitrogens is 4. The zero-order chi connectivity index (χ0) is 14.8. The summed E-state index contributed by atoms with van der Waals surface area (Å²) in [5.74, 6) is 0.0860. The largest absolute Gasteiger partial charge is 0.468 e. The number of hydrogen-bond donors (Lipinski definition) is 0. The minimum atomic E-state index is -0.526. The van der Waals surface area contributed by atoms with Gasteiger partial charge in [0.05, 0.1) is 20.3 Å². The molecule has 0 aliphatic carbocycles. The summed E-state index contributed by atoms with van der Waals surface area (Å²) in [6.45, 7) is 2.36. The lowest BCUT2D eigenvalue weighted by Gasteiger charge is -2.27. The Morgan fingerprint density at radius 2 is 2.19 bits per heavy atom. The highest BCUT2D eigenvalue weighted by atomic mass is 16.5. The summed E-state index contributed by atoms with van der Waals surface area (Å²) >= 11 is 0. The van der Waals surface area contributed by atoms with E-state index in [0.717, 1.165) is 4.68 Å². The Balaban J connectivity index is 2.04. The predicted octanol–water partition coefficient (Wildman–Crippen LogP) is -1.10. The first kappa shape index (κ1) is 13.6. The number of methoxy groups -OCH3 is 1. The molecule has 9 nitrogen and oxygen atoms in total. The number of ether oxygens (including phenoxy) is 2. The van der Waals surface area contributed by atoms with Crippen molar-refractivity contribution in [1.82, 2.24) is 19.2 Å². The maximum absolute atomic E-state index is 12.2. The van der Waals surface area contributed by atoms with E-state index >= 15 is 0 Å². The number of fused-ring (bicyclic) bond motifs is 1. The second-order valence-corrected chi connectivity index (χ2v) is 4.56. The normalized spacial score (nSPS) is 15.4. The number of carbonyl (C=O) groups excluding carboxylic acids is 1. The summed E-state index contributed by atoms with van der Waals surface area (Å²) in [7, 11) is 1.27. The van der Waals surface area contributed by atoms with E-state index < -0.39 is 11.7 Å². The van der Waals surface area contributed by atoms with E-state index in [1.54, 1.807) is 6.20 Å². The summed E-state index contributed by atoms with van der Waals surface area (Å²) in [4.78, 5) is 29.8. The third-order valence-electron chi connectivity index (χ3n) is 3.30. The number of morpholine rings is 1. The Morgan fingerprint density at radius 1 is 1.43 bits per heavy atom. The lowest BCUT2D eigenvalue weighted by Crippen LogP contribution is -2.37. The molecule has 2 aromatic heterocycles. The maximum Gasteiger partial charge on any atom is 0.351 e. The number of nitrogens with zero attached hydrogens (tertiary/aromatic N) is 5. The molecule has 3 heterocycles. The van der Waals surface area contributed by atoms with Gasteiger partial charge in [-0.05, 0) is 0 Å². The standard InChI is InChI=1S/C12H15N5O4/c1-20-9(18)8-17-12(19)16-3-2-13-10(11(16)14-17)15-4-6-21-7-5-15/h2-3H,4-8H2,1H3. The van der Waals surface area contributed by atoms with Gasteiger partial charge in [0.15, 0.2) is 5.82 Å². The molecule has 1 aliphatic rings. The quantitative estimate of drug-likeness (QED) is 0.663. The van der Waals surface area contributed by atoms with Gasteiger partial charge in [-0.2, -0.15) is 0 Å². The highest BCUT2D eigenvalue weighted by Crippen LogP contribution is 2.16. The first-order valence-electron chi connectivity index (χ1n) is 6.54. The van der Waals surface area contributed by atoms with Crippen molar-refractivity contribution >= 4 is 17.4 Å². The minimum Gasteiger partial charge on any atom is -0.468 e. The van der Waals surface area contributed by atoms with Gasteiger partial charge in [-0.1, -0.05) is 0 Å². The number of anilines is 1. The van der Waals surface area contributed by atoms with Crippen molar-refractivity contribution < 1.29 is 14.3 Å². The second kappa shape index (κ2) is 5.52. The first-order chi connectivity index (χ1) is 10.2. The van der Waals surface area contributed by atoms with E-state index in [1.807, 2.05) is 4.90 Å². The summed E-state index contributed by atoms with van der Waals surface area (Å²) < 4.78 is 12.3. The molecule has 0 radical (unpaired) electrons. The van der Waals surface area contributed by atoms with E-state index in [-0.39, 0.29) is 6.54 Å². The molecule has 2 aromatic rings. The molecule has 0 amide bonds. The van der Waals surface area contributed by atoms with Gasteiger partial charge in [-0.3, -0.25) is 4.79 Å². The van der Waals surface area contributed by atoms with Gasteiger partial charge < -0.3 is 14.4 Å². The fourth-order valence-electron chi connectivity index (χ4n) is 2.22. The molecule has 0 unspecified atom stereocenters. The van der Waals surface area contributed by atoms with Crippen molar-refractivity contribution in [1.29, 1.82) is 0 Å². The highest BCUT2D eigenvalue weighted by Gasteiger charge is 2.19. The summed E-state index contributed by atoms with van der Waals surface area (Å²) in [5.41, 5.74) is 0.0283. The SMILES string of the molecule is COC(=O)Cn1nc2c(N3CCOCC3)nccn2c1=O. The van der Waals surface area contributed by atoms with Gasteiger partial charge in [0, 0.05) is 25.5 Å². The zero-order valence-electron chi connectivity index (χ0n) is 11.6. The first-order valence-corrected chi connectivity index (χ1v) is 6.54. The van der Waals surface area contributed by atoms with Crippen LogP contribution in [0.2, 0.25) is 0 Å². The van der Waals surface area contributed by atoms with Gasteiger partial charge in [-0.15, -0.1) is 5.10 Å². The molecular weight excluding hydrogens is 278 g/mol. The molecular formula is C12H15N5O4. The molecule has 112 valence electrons. The second-order valence-electron chi connectivity index (χ2n) is 4.56. The molecule has 21 heavy (non-hydrogen) atoms. The molecule has 0 N–H and O–H groups in total. The smallest absolute Gasteiger partial charge is 0.351 e. The van der Waals surface area contributed by atoms with Crippen LogP contribution in [0.25, 0.3) is 5.65 Å². The van der Waals surface area contributed by atoms with Gasteiger partial charge in [0.1, 0.15) is 6.54 Å². The minimum absolute atomic E-state index is 0.223. The average molecular weight is 293 g/mol. The van der Waals surface area contributed by atoms with Crippen molar-refractivity contribution in [2.24, 2.45) is 0 Å². The Kier molecular flexibility index (Phi) is 3.57. The molecule has 1 saturated heterocycles. The van der Waals surface area contributed by atoms with Crippen molar-refractivity contribution in [2.45, 2.75) is 6.54 Å². The molecule has 0 bridgehead atoms. The predicted molar refractivity (Wildman–Crippen MR) is 72.3 cm³/mol. The van der Waals surface area contributed by atoms with Crippen LogP contribution in [0, 0.1) is 0 Å². The van der Waals surface area contributed by atoms with Crippen LogP contribution < -0.4 is 10.6 Å². The maximum atomic E-state index is 12.2. The molecule has 0 saturated carbocycles. The molecule has 1 aliphatic heterocycles. The van der Waals surface area contributed by atoms with E-state index in [9.17, 15) is 9.59 Å². The van der Waals surface area contributed by atoms with Crippen LogP contribution >= 0.6 is 0 Å². The van der Waals surface area contributed by atoms with Crippen LogP contribution in [0.4, 0.5) is 5.82 Å². The number of rotatable bonds is 3. The molecule has 0 spiro atoms. The van der Waals surface area contributed by atoms with E-state index in [1.165, 1.54) is 17.7 Å². The fraction of sp³-hybridized carbons (Fsp3) is 0.500. The third kappa shape index (κ3) is 2.47. The van der Waals surface area contributed by atoms with Gasteiger partial charge >= 0.3 is 11.7 Å². The Hall–Kier alpha value is -2.42. The Labute approximate surface area is 119 Å². The zero-order valence-corrected chi connectivity index (χ0v) is 11.6. The van der Waals surface area contributed by atoms with Crippen LogP contribution in [0.5, 0.6) is 0 Å². The summed E-state index contributed by atoms with van der Waals surface area (Å²) in [6.07, 6.45) is 3.08. The van der Waals surface area contributed by atoms with Gasteiger partial charge in [0.2, 0.25) is 5.65 Å². The van der Waals surface area contributed by atoms with Gasteiger partial charge in [0.25, 0.3) is 0 Å². The molecule has 0 aromatic carbocycles. The molecule has 1 fully saturated rings. The molecule has 0 atom stereocenters. The number of esters is 1. The van der Waals surface area contributed by atoms with Crippen molar-refractivity contribution in [3.8, 4) is 0 Å². The highest BCUT2D eigenvalue weighted by molar-refractivity contribution is 5.69. The fourth-order valence-corrected chi connectivity index (χ4v) is 2.22. The van der Waals surface area contributed by atoms with Crippen molar-refractivity contribution in [2.75, 3.05) is 38.3 Å². The Morgan fingerprint density at radius 3 is 2.90 bits per heavy atom. The third-order valence-corrected chi connectivity index (χ3v) is 3.30. The van der Waals surface area contributed by atoms with Crippen LogP contribution in [0.1, 0.15) is 0 Å². The lowest BCUT2D eigenvalue weighted by atomic mass is 10.4. The van der Waals surface area contributed by atoms with Crippen molar-refractivity contribution in [3.05, 3.63) is 22.9 Å². The van der Waals surface area contributed by atoms with Crippen LogP contribution in [0.15, 0.2) is 17.2 Å². The Bertz CT molecular complexity index is 716. The van der Waals surface area contributed by atoms with Crippen LogP contribution in [0.3, 0.4) is 0 Å². The molecule has 3 rings (SSSR count). The lowest BCUT2D eigenvalue weighted by molar-refractivity contribution is -0.141. The number of hydrogen-bond acceptors (Lipinski definition) is 7. The van der Waals surface area contributed by atoms with Crippen LogP contribution in [-0.2, 0) is 20.8 Å². The van der Waals surface area contributed by atoms with Crippen LogP contribution in [-0.4, -0.2) is 58.5 Å². The number of carbonyl (C=O) groups is 1. The average Bonchev–Trinajstić information content (AvgIpc) is 2.84.